The number of hydrogen-bond acceptors (Lipinski definition) is 5. The minimum absolute atomic E-state index is 0.0259. The molecular weight excluding hydrogens is 268 g/mol. The van der Waals surface area contributed by atoms with E-state index in [9.17, 15) is 4.79 Å². The molecule has 6 nitrogen and oxygen atoms in total. The molecule has 0 spiro atoms. The monoisotopic (exact) mass is 286 g/mol. The maximum Gasteiger partial charge on any atom is 0.234 e. The molecule has 6 heteroatoms. The largest absolute Gasteiger partial charge is 0.339 e. The van der Waals surface area contributed by atoms with Gasteiger partial charge in [-0.05, 0) is 25.6 Å². The van der Waals surface area contributed by atoms with Crippen molar-refractivity contribution in [3.63, 3.8) is 0 Å². The molecule has 0 aliphatic carbocycles. The van der Waals surface area contributed by atoms with Crippen LogP contribution in [0.1, 0.15) is 36.5 Å². The molecule has 110 valence electrons. The summed E-state index contributed by atoms with van der Waals surface area (Å²) in [4.78, 5) is 16.3. The van der Waals surface area contributed by atoms with Crippen molar-refractivity contribution >= 4 is 11.6 Å². The third-order valence-electron chi connectivity index (χ3n) is 3.76. The zero-order valence-electron chi connectivity index (χ0n) is 12.1. The zero-order valence-corrected chi connectivity index (χ0v) is 12.1. The fraction of sp³-hybridized carbons (Fsp3) is 0.400. The Hall–Kier alpha value is -2.21. The molecular formula is C15H18N4O2. The molecule has 1 amide bonds. The molecule has 0 saturated heterocycles. The van der Waals surface area contributed by atoms with E-state index in [1.165, 1.54) is 0 Å². The Bertz CT molecular complexity index is 653. The van der Waals surface area contributed by atoms with Crippen LogP contribution < -0.4 is 10.6 Å². The van der Waals surface area contributed by atoms with Crippen LogP contribution in [0.25, 0.3) is 0 Å². The Morgan fingerprint density at radius 3 is 3.10 bits per heavy atom. The summed E-state index contributed by atoms with van der Waals surface area (Å²) in [6.45, 7) is 2.05. The summed E-state index contributed by atoms with van der Waals surface area (Å²) in [5.41, 5.74) is 1.84. The van der Waals surface area contributed by atoms with E-state index in [0.717, 1.165) is 11.3 Å². The van der Waals surface area contributed by atoms with Gasteiger partial charge in [-0.1, -0.05) is 23.4 Å². The lowest BCUT2D eigenvalue weighted by atomic mass is 9.90. The van der Waals surface area contributed by atoms with Gasteiger partial charge in [0.2, 0.25) is 11.8 Å². The minimum Gasteiger partial charge on any atom is -0.339 e. The third-order valence-corrected chi connectivity index (χ3v) is 3.76. The van der Waals surface area contributed by atoms with E-state index in [0.29, 0.717) is 24.6 Å². The van der Waals surface area contributed by atoms with Crippen LogP contribution in [0.4, 0.5) is 5.69 Å². The number of aromatic nitrogens is 2. The highest BCUT2D eigenvalue weighted by molar-refractivity contribution is 5.95. The topological polar surface area (TPSA) is 80.0 Å². The smallest absolute Gasteiger partial charge is 0.234 e. The average molecular weight is 286 g/mol. The Morgan fingerprint density at radius 1 is 1.48 bits per heavy atom. The molecule has 21 heavy (non-hydrogen) atoms. The summed E-state index contributed by atoms with van der Waals surface area (Å²) >= 11 is 0. The van der Waals surface area contributed by atoms with Crippen molar-refractivity contribution in [2.45, 2.75) is 31.7 Å². The summed E-state index contributed by atoms with van der Waals surface area (Å²) < 4.78 is 5.39. The second-order valence-corrected chi connectivity index (χ2v) is 5.33. The zero-order chi connectivity index (χ0) is 14.8. The van der Waals surface area contributed by atoms with Gasteiger partial charge in [0.05, 0.1) is 5.92 Å². The van der Waals surface area contributed by atoms with Gasteiger partial charge < -0.3 is 15.2 Å². The second kappa shape index (κ2) is 5.65. The van der Waals surface area contributed by atoms with E-state index in [1.807, 2.05) is 31.3 Å². The SMILES string of the molecule is CNC(C)Cc1noc(C2CC(=O)Nc3ccccc32)n1. The Morgan fingerprint density at radius 2 is 2.29 bits per heavy atom. The van der Waals surface area contributed by atoms with Gasteiger partial charge in [0.1, 0.15) is 0 Å². The van der Waals surface area contributed by atoms with Crippen molar-refractivity contribution < 1.29 is 9.32 Å². The molecule has 0 radical (unpaired) electrons. The summed E-state index contributed by atoms with van der Waals surface area (Å²) in [7, 11) is 1.90. The van der Waals surface area contributed by atoms with Crippen LogP contribution in [-0.4, -0.2) is 29.1 Å². The fourth-order valence-electron chi connectivity index (χ4n) is 2.50. The van der Waals surface area contributed by atoms with Gasteiger partial charge in [-0.3, -0.25) is 4.79 Å². The number of benzene rings is 1. The number of fused-ring (bicyclic) bond motifs is 1. The summed E-state index contributed by atoms with van der Waals surface area (Å²) in [6.07, 6.45) is 1.03. The molecule has 2 N–H and O–H groups in total. The van der Waals surface area contributed by atoms with Crippen LogP contribution in [0, 0.1) is 0 Å². The molecule has 0 bridgehead atoms. The number of carbonyl (C=O) groups excluding carboxylic acids is 1. The van der Waals surface area contributed by atoms with Gasteiger partial charge in [-0.15, -0.1) is 0 Å². The number of nitrogens with one attached hydrogen (secondary N) is 2. The van der Waals surface area contributed by atoms with E-state index in [1.54, 1.807) is 0 Å². The summed E-state index contributed by atoms with van der Waals surface area (Å²) in [5, 5.41) is 10.0. The molecule has 2 unspecified atom stereocenters. The lowest BCUT2D eigenvalue weighted by Gasteiger charge is -2.22. The van der Waals surface area contributed by atoms with Crippen molar-refractivity contribution in [3.8, 4) is 0 Å². The first-order valence-electron chi connectivity index (χ1n) is 7.06. The highest BCUT2D eigenvalue weighted by atomic mass is 16.5. The number of nitrogens with zero attached hydrogens (tertiary/aromatic N) is 2. The van der Waals surface area contributed by atoms with Gasteiger partial charge >= 0.3 is 0 Å². The number of para-hydroxylation sites is 1. The number of carbonyl (C=O) groups is 1. The highest BCUT2D eigenvalue weighted by Crippen LogP contribution is 2.35. The molecule has 2 aromatic rings. The van der Waals surface area contributed by atoms with E-state index >= 15 is 0 Å². The van der Waals surface area contributed by atoms with Crippen LogP contribution in [0.15, 0.2) is 28.8 Å². The summed E-state index contributed by atoms with van der Waals surface area (Å²) in [5.74, 6) is 0.981. The number of anilines is 1. The quantitative estimate of drug-likeness (QED) is 0.894. The molecule has 2 atom stereocenters. The normalized spacial score (nSPS) is 19.0. The van der Waals surface area contributed by atoms with Crippen molar-refractivity contribution in [1.29, 1.82) is 0 Å². The van der Waals surface area contributed by atoms with E-state index in [4.69, 9.17) is 4.52 Å². The number of likely N-dealkylation sites (N-methyl/N-ethyl adjacent to an activating group) is 1. The fourth-order valence-corrected chi connectivity index (χ4v) is 2.50. The van der Waals surface area contributed by atoms with Crippen molar-refractivity contribution in [3.05, 3.63) is 41.5 Å². The molecule has 1 aliphatic heterocycles. The Kier molecular flexibility index (Phi) is 3.70. The Balaban J connectivity index is 1.89. The molecule has 1 aromatic carbocycles. The second-order valence-electron chi connectivity index (χ2n) is 5.33. The van der Waals surface area contributed by atoms with Crippen molar-refractivity contribution in [2.24, 2.45) is 0 Å². The standard InChI is InChI=1S/C15H18N4O2/c1-9(16-2)7-13-18-15(21-19-13)11-8-14(20)17-12-6-4-3-5-10(11)12/h3-6,9,11,16H,7-8H2,1-2H3,(H,17,20). The van der Waals surface area contributed by atoms with Crippen LogP contribution in [-0.2, 0) is 11.2 Å². The highest BCUT2D eigenvalue weighted by Gasteiger charge is 2.30. The maximum atomic E-state index is 11.8. The molecule has 1 aliphatic rings. The average Bonchev–Trinajstić information content (AvgIpc) is 2.94. The first kappa shape index (κ1) is 13.8. The number of rotatable bonds is 4. The van der Waals surface area contributed by atoms with Crippen LogP contribution in [0.2, 0.25) is 0 Å². The van der Waals surface area contributed by atoms with Crippen molar-refractivity contribution in [1.82, 2.24) is 15.5 Å². The maximum absolute atomic E-state index is 11.8. The first-order chi connectivity index (χ1) is 10.2. The van der Waals surface area contributed by atoms with E-state index < -0.39 is 0 Å². The van der Waals surface area contributed by atoms with E-state index in [2.05, 4.69) is 27.7 Å². The molecule has 0 saturated carbocycles. The minimum atomic E-state index is -0.166. The van der Waals surface area contributed by atoms with Crippen molar-refractivity contribution in [2.75, 3.05) is 12.4 Å². The number of amides is 1. The van der Waals surface area contributed by atoms with Gasteiger partial charge in [0, 0.05) is 24.6 Å². The summed E-state index contributed by atoms with van der Waals surface area (Å²) in [6, 6.07) is 8.00. The predicted molar refractivity (Wildman–Crippen MR) is 78.1 cm³/mol. The molecule has 3 rings (SSSR count). The molecule has 1 aromatic heterocycles. The molecule has 2 heterocycles. The lowest BCUT2D eigenvalue weighted by Crippen LogP contribution is -2.24. The van der Waals surface area contributed by atoms with Crippen LogP contribution in [0.3, 0.4) is 0 Å². The third kappa shape index (κ3) is 2.80. The first-order valence-corrected chi connectivity index (χ1v) is 7.06. The predicted octanol–water partition coefficient (Wildman–Crippen LogP) is 1.69. The van der Waals surface area contributed by atoms with Gasteiger partial charge in [-0.25, -0.2) is 0 Å². The molecule has 0 fully saturated rings. The van der Waals surface area contributed by atoms with Crippen LogP contribution >= 0.6 is 0 Å². The Labute approximate surface area is 122 Å². The van der Waals surface area contributed by atoms with Gasteiger partial charge in [0.15, 0.2) is 5.82 Å². The lowest BCUT2D eigenvalue weighted by molar-refractivity contribution is -0.116. The number of hydrogen-bond donors (Lipinski definition) is 2. The van der Waals surface area contributed by atoms with Crippen LogP contribution in [0.5, 0.6) is 0 Å². The van der Waals surface area contributed by atoms with Gasteiger partial charge in [-0.2, -0.15) is 4.98 Å². The van der Waals surface area contributed by atoms with E-state index in [-0.39, 0.29) is 17.9 Å². The van der Waals surface area contributed by atoms with Gasteiger partial charge in [0.25, 0.3) is 0 Å².